The lowest BCUT2D eigenvalue weighted by atomic mass is 9.99. The van der Waals surface area contributed by atoms with E-state index in [0.29, 0.717) is 6.04 Å². The molecule has 1 aromatic rings. The van der Waals surface area contributed by atoms with E-state index in [1.807, 2.05) is 14.0 Å². The first-order chi connectivity index (χ1) is 8.06. The lowest BCUT2D eigenvalue weighted by molar-refractivity contribution is 0.0496. The second-order valence-electron chi connectivity index (χ2n) is 4.76. The maximum Gasteiger partial charge on any atom is 0.0702 e. The summed E-state index contributed by atoms with van der Waals surface area (Å²) in [5, 5.41) is 3.35. The predicted molar refractivity (Wildman–Crippen MR) is 73.6 cm³/mol. The van der Waals surface area contributed by atoms with Crippen LogP contribution in [0.1, 0.15) is 30.5 Å². The third kappa shape index (κ3) is 4.49. The number of likely N-dealkylation sites (N-methyl/N-ethyl adjacent to an activating group) is 1. The van der Waals surface area contributed by atoms with Crippen molar-refractivity contribution in [3.8, 4) is 0 Å². The predicted octanol–water partition coefficient (Wildman–Crippen LogP) is 2.86. The molecule has 2 unspecified atom stereocenters. The third-order valence-corrected chi connectivity index (χ3v) is 3.10. The first-order valence-corrected chi connectivity index (χ1v) is 6.42. The molecular formula is C15H25NO. The van der Waals surface area contributed by atoms with Crippen molar-refractivity contribution in [2.75, 3.05) is 13.7 Å². The molecule has 2 nitrogen and oxygen atoms in total. The highest BCUT2D eigenvalue weighted by Gasteiger charge is 2.16. The molecule has 17 heavy (non-hydrogen) atoms. The number of nitrogens with one attached hydrogen (secondary N) is 1. The van der Waals surface area contributed by atoms with Crippen LogP contribution in [-0.2, 0) is 11.2 Å². The number of ether oxygens (including phenoxy) is 1. The Kier molecular flexibility index (Phi) is 5.66. The van der Waals surface area contributed by atoms with Gasteiger partial charge in [0.15, 0.2) is 0 Å². The second-order valence-corrected chi connectivity index (χ2v) is 4.76. The van der Waals surface area contributed by atoms with E-state index in [-0.39, 0.29) is 6.10 Å². The van der Waals surface area contributed by atoms with E-state index in [0.717, 1.165) is 13.0 Å². The normalized spacial score (nSPS) is 14.6. The zero-order valence-corrected chi connectivity index (χ0v) is 11.7. The fourth-order valence-electron chi connectivity index (χ4n) is 2.32. The Morgan fingerprint density at radius 2 is 1.76 bits per heavy atom. The highest BCUT2D eigenvalue weighted by Crippen LogP contribution is 2.13. The van der Waals surface area contributed by atoms with Gasteiger partial charge in [-0.15, -0.1) is 0 Å². The maximum atomic E-state index is 5.67. The molecular weight excluding hydrogens is 210 g/mol. The molecule has 0 saturated carbocycles. The van der Waals surface area contributed by atoms with Crippen LogP contribution in [0.3, 0.4) is 0 Å². The van der Waals surface area contributed by atoms with Crippen LogP contribution in [0.15, 0.2) is 18.2 Å². The van der Waals surface area contributed by atoms with Gasteiger partial charge in [-0.25, -0.2) is 0 Å². The average Bonchev–Trinajstić information content (AvgIpc) is 2.24. The minimum Gasteiger partial charge on any atom is -0.377 e. The Morgan fingerprint density at radius 1 is 1.18 bits per heavy atom. The fourth-order valence-corrected chi connectivity index (χ4v) is 2.32. The molecule has 0 spiro atoms. The largest absolute Gasteiger partial charge is 0.377 e. The maximum absolute atomic E-state index is 5.67. The smallest absolute Gasteiger partial charge is 0.0702 e. The van der Waals surface area contributed by atoms with Gasteiger partial charge in [-0.1, -0.05) is 29.3 Å². The molecule has 1 aromatic carbocycles. The molecule has 2 atom stereocenters. The van der Waals surface area contributed by atoms with Gasteiger partial charge in [-0.3, -0.25) is 0 Å². The lowest BCUT2D eigenvalue weighted by Crippen LogP contribution is -2.39. The zero-order valence-electron chi connectivity index (χ0n) is 11.7. The molecule has 1 N–H and O–H groups in total. The van der Waals surface area contributed by atoms with Crippen molar-refractivity contribution in [2.24, 2.45) is 0 Å². The summed E-state index contributed by atoms with van der Waals surface area (Å²) in [6, 6.07) is 7.10. The van der Waals surface area contributed by atoms with Crippen molar-refractivity contribution in [1.29, 1.82) is 0 Å². The Morgan fingerprint density at radius 3 is 2.24 bits per heavy atom. The summed E-state index contributed by atoms with van der Waals surface area (Å²) in [6.07, 6.45) is 1.26. The minimum atomic E-state index is 0.241. The molecule has 0 aliphatic rings. The quantitative estimate of drug-likeness (QED) is 0.818. The van der Waals surface area contributed by atoms with E-state index >= 15 is 0 Å². The van der Waals surface area contributed by atoms with Crippen molar-refractivity contribution in [2.45, 2.75) is 46.3 Å². The van der Waals surface area contributed by atoms with Gasteiger partial charge in [-0.05, 0) is 46.7 Å². The van der Waals surface area contributed by atoms with Crippen LogP contribution in [0.5, 0.6) is 0 Å². The van der Waals surface area contributed by atoms with E-state index in [1.165, 1.54) is 16.7 Å². The van der Waals surface area contributed by atoms with E-state index in [2.05, 4.69) is 44.3 Å². The highest BCUT2D eigenvalue weighted by molar-refractivity contribution is 5.29. The standard InChI is InChI=1S/C15H25NO/c1-6-17-13(4)15(16-5)10-14-8-11(2)7-12(3)9-14/h7-9,13,15-16H,6,10H2,1-5H3. The van der Waals surface area contributed by atoms with Crippen LogP contribution in [0.2, 0.25) is 0 Å². The highest BCUT2D eigenvalue weighted by atomic mass is 16.5. The Labute approximate surface area is 105 Å². The van der Waals surface area contributed by atoms with Crippen molar-refractivity contribution in [3.63, 3.8) is 0 Å². The monoisotopic (exact) mass is 235 g/mol. The van der Waals surface area contributed by atoms with Crippen LogP contribution in [0.25, 0.3) is 0 Å². The van der Waals surface area contributed by atoms with Gasteiger partial charge < -0.3 is 10.1 Å². The van der Waals surface area contributed by atoms with Crippen molar-refractivity contribution < 1.29 is 4.74 Å². The number of hydrogen-bond acceptors (Lipinski definition) is 2. The van der Waals surface area contributed by atoms with Gasteiger partial charge in [0.05, 0.1) is 6.10 Å². The van der Waals surface area contributed by atoms with Gasteiger partial charge >= 0.3 is 0 Å². The van der Waals surface area contributed by atoms with Gasteiger partial charge in [-0.2, -0.15) is 0 Å². The number of rotatable bonds is 6. The third-order valence-electron chi connectivity index (χ3n) is 3.10. The molecule has 0 fully saturated rings. The van der Waals surface area contributed by atoms with E-state index < -0.39 is 0 Å². The molecule has 0 bridgehead atoms. The Balaban J connectivity index is 2.73. The minimum absolute atomic E-state index is 0.241. The number of benzene rings is 1. The van der Waals surface area contributed by atoms with E-state index in [9.17, 15) is 0 Å². The zero-order chi connectivity index (χ0) is 12.8. The summed E-state index contributed by atoms with van der Waals surface area (Å²) < 4.78 is 5.67. The van der Waals surface area contributed by atoms with Crippen LogP contribution in [0, 0.1) is 13.8 Å². The molecule has 0 amide bonds. The van der Waals surface area contributed by atoms with Gasteiger partial charge in [0.1, 0.15) is 0 Å². The van der Waals surface area contributed by atoms with Crippen LogP contribution >= 0.6 is 0 Å². The summed E-state index contributed by atoms with van der Waals surface area (Å²) >= 11 is 0. The molecule has 2 heteroatoms. The SMILES string of the molecule is CCOC(C)C(Cc1cc(C)cc(C)c1)NC. The van der Waals surface area contributed by atoms with Crippen molar-refractivity contribution in [1.82, 2.24) is 5.32 Å². The Hall–Kier alpha value is -0.860. The number of hydrogen-bond donors (Lipinski definition) is 1. The van der Waals surface area contributed by atoms with Crippen molar-refractivity contribution >= 4 is 0 Å². The summed E-state index contributed by atoms with van der Waals surface area (Å²) in [5.41, 5.74) is 4.05. The van der Waals surface area contributed by atoms with E-state index in [1.54, 1.807) is 0 Å². The fraction of sp³-hybridized carbons (Fsp3) is 0.600. The molecule has 0 aromatic heterocycles. The first-order valence-electron chi connectivity index (χ1n) is 6.42. The summed E-state index contributed by atoms with van der Waals surface area (Å²) in [7, 11) is 2.00. The van der Waals surface area contributed by atoms with Gasteiger partial charge in [0.25, 0.3) is 0 Å². The number of aryl methyl sites for hydroxylation is 2. The van der Waals surface area contributed by atoms with E-state index in [4.69, 9.17) is 4.74 Å². The van der Waals surface area contributed by atoms with Gasteiger partial charge in [0, 0.05) is 12.6 Å². The molecule has 0 heterocycles. The Bertz CT molecular complexity index is 329. The molecule has 0 aliphatic heterocycles. The summed E-state index contributed by atoms with van der Waals surface area (Å²) in [4.78, 5) is 0. The topological polar surface area (TPSA) is 21.3 Å². The summed E-state index contributed by atoms with van der Waals surface area (Å²) in [5.74, 6) is 0. The molecule has 0 aliphatic carbocycles. The average molecular weight is 235 g/mol. The van der Waals surface area contributed by atoms with Crippen LogP contribution in [0.4, 0.5) is 0 Å². The van der Waals surface area contributed by atoms with Crippen LogP contribution in [-0.4, -0.2) is 25.8 Å². The van der Waals surface area contributed by atoms with Crippen molar-refractivity contribution in [3.05, 3.63) is 34.9 Å². The molecule has 0 radical (unpaired) electrons. The summed E-state index contributed by atoms with van der Waals surface area (Å²) in [6.45, 7) is 9.24. The second kappa shape index (κ2) is 6.77. The molecule has 1 rings (SSSR count). The molecule has 0 saturated heterocycles. The first kappa shape index (κ1) is 14.2. The molecule has 96 valence electrons. The van der Waals surface area contributed by atoms with Gasteiger partial charge in [0.2, 0.25) is 0 Å². The lowest BCUT2D eigenvalue weighted by Gasteiger charge is -2.23. The van der Waals surface area contributed by atoms with Crippen LogP contribution < -0.4 is 5.32 Å².